The van der Waals surface area contributed by atoms with Crippen LogP contribution in [0, 0.1) is 12.8 Å². The number of nitrogens with two attached hydrogens (primary N) is 1. The molecule has 0 saturated carbocycles. The largest absolute Gasteiger partial charge is 0.340 e. The second-order valence-corrected chi connectivity index (χ2v) is 7.23. The molecule has 0 aliphatic rings. The van der Waals surface area contributed by atoms with Gasteiger partial charge < -0.3 is 10.6 Å². The van der Waals surface area contributed by atoms with Gasteiger partial charge in [-0.1, -0.05) is 31.2 Å². The minimum Gasteiger partial charge on any atom is -0.340 e. The predicted octanol–water partition coefficient (Wildman–Crippen LogP) is 2.57. The molecule has 3 aromatic rings. The number of hydrogen-bond donors (Lipinski definition) is 1. The molecule has 7 heteroatoms. The van der Waals surface area contributed by atoms with Crippen molar-refractivity contribution < 1.29 is 4.79 Å². The Morgan fingerprint density at radius 2 is 2.07 bits per heavy atom. The summed E-state index contributed by atoms with van der Waals surface area (Å²) >= 11 is 0. The molecule has 0 fully saturated rings. The van der Waals surface area contributed by atoms with Gasteiger partial charge in [0.25, 0.3) is 5.91 Å². The number of aromatic nitrogens is 4. The van der Waals surface area contributed by atoms with E-state index in [9.17, 15) is 4.79 Å². The van der Waals surface area contributed by atoms with Gasteiger partial charge in [-0.05, 0) is 31.4 Å². The lowest BCUT2D eigenvalue weighted by Gasteiger charge is -2.21. The average molecular weight is 366 g/mol. The van der Waals surface area contributed by atoms with Crippen molar-refractivity contribution in [1.29, 1.82) is 0 Å². The number of fused-ring (bicyclic) bond motifs is 1. The summed E-state index contributed by atoms with van der Waals surface area (Å²) in [4.78, 5) is 18.6. The summed E-state index contributed by atoms with van der Waals surface area (Å²) < 4.78 is 1.71. The number of benzene rings is 1. The van der Waals surface area contributed by atoms with Crippen molar-refractivity contribution in [2.24, 2.45) is 11.7 Å². The zero-order valence-corrected chi connectivity index (χ0v) is 16.3. The molecule has 0 saturated heterocycles. The highest BCUT2D eigenvalue weighted by molar-refractivity contribution is 5.94. The Labute approximate surface area is 159 Å². The van der Waals surface area contributed by atoms with Crippen molar-refractivity contribution >= 4 is 16.7 Å². The van der Waals surface area contributed by atoms with Crippen LogP contribution in [0.1, 0.15) is 36.5 Å². The van der Waals surface area contributed by atoms with E-state index in [1.165, 1.54) is 0 Å². The molecule has 0 spiro atoms. The van der Waals surface area contributed by atoms with Crippen molar-refractivity contribution in [2.75, 3.05) is 13.6 Å². The molecule has 0 aliphatic heterocycles. The second-order valence-electron chi connectivity index (χ2n) is 7.23. The first-order valence-electron chi connectivity index (χ1n) is 9.16. The Bertz CT molecular complexity index is 943. The molecule has 2 N–H and O–H groups in total. The lowest BCUT2D eigenvalue weighted by molar-refractivity contribution is 0.0782. The van der Waals surface area contributed by atoms with Gasteiger partial charge >= 0.3 is 0 Å². The van der Waals surface area contributed by atoms with Gasteiger partial charge in [0.2, 0.25) is 0 Å². The van der Waals surface area contributed by atoms with E-state index in [0.29, 0.717) is 23.9 Å². The van der Waals surface area contributed by atoms with Crippen LogP contribution in [0.15, 0.2) is 36.7 Å². The van der Waals surface area contributed by atoms with Crippen LogP contribution >= 0.6 is 0 Å². The molecule has 1 amide bonds. The van der Waals surface area contributed by atoms with Crippen LogP contribution in [-0.4, -0.2) is 50.4 Å². The minimum absolute atomic E-state index is 0.0707. The van der Waals surface area contributed by atoms with Crippen molar-refractivity contribution in [2.45, 2.75) is 33.2 Å². The van der Waals surface area contributed by atoms with Gasteiger partial charge in [-0.25, -0.2) is 4.68 Å². The monoisotopic (exact) mass is 366 g/mol. The normalized spacial score (nSPS) is 12.5. The zero-order chi connectivity index (χ0) is 19.6. The molecule has 27 heavy (non-hydrogen) atoms. The van der Waals surface area contributed by atoms with Crippen LogP contribution in [0.5, 0.6) is 0 Å². The first-order chi connectivity index (χ1) is 12.9. The van der Waals surface area contributed by atoms with Crippen LogP contribution in [0.2, 0.25) is 0 Å². The standard InChI is InChI=1S/C20H26N6O/c1-13(2)17(21)9-11-25(4)20(27)19-14(3)26(24-23-19)18-7-5-6-15-12-22-10-8-16(15)18/h5-8,10,12-13,17H,9,11,21H2,1-4H3. The lowest BCUT2D eigenvalue weighted by Crippen LogP contribution is -2.35. The summed E-state index contributed by atoms with van der Waals surface area (Å²) in [5.74, 6) is 0.244. The van der Waals surface area contributed by atoms with E-state index in [4.69, 9.17) is 5.73 Å². The molecule has 1 aromatic carbocycles. The highest BCUT2D eigenvalue weighted by Gasteiger charge is 2.22. The molecule has 2 heterocycles. The quantitative estimate of drug-likeness (QED) is 0.724. The Morgan fingerprint density at radius 3 is 2.81 bits per heavy atom. The predicted molar refractivity (Wildman–Crippen MR) is 106 cm³/mol. The smallest absolute Gasteiger partial charge is 0.276 e. The fourth-order valence-electron chi connectivity index (χ4n) is 3.00. The lowest BCUT2D eigenvalue weighted by atomic mass is 10.0. The summed E-state index contributed by atoms with van der Waals surface area (Å²) in [7, 11) is 1.78. The van der Waals surface area contributed by atoms with Crippen LogP contribution in [-0.2, 0) is 0 Å². The highest BCUT2D eigenvalue weighted by Crippen LogP contribution is 2.22. The third-order valence-corrected chi connectivity index (χ3v) is 4.98. The van der Waals surface area contributed by atoms with Gasteiger partial charge in [0.15, 0.2) is 5.69 Å². The molecule has 1 unspecified atom stereocenters. The van der Waals surface area contributed by atoms with Crippen LogP contribution in [0.4, 0.5) is 0 Å². The summed E-state index contributed by atoms with van der Waals surface area (Å²) in [5, 5.41) is 10.4. The molecule has 3 rings (SSSR count). The first kappa shape index (κ1) is 19.0. The zero-order valence-electron chi connectivity index (χ0n) is 16.3. The molecular weight excluding hydrogens is 340 g/mol. The summed E-state index contributed by atoms with van der Waals surface area (Å²) in [5.41, 5.74) is 8.04. The maximum Gasteiger partial charge on any atom is 0.276 e. The second kappa shape index (κ2) is 7.84. The van der Waals surface area contributed by atoms with Gasteiger partial charge in [0, 0.05) is 42.8 Å². The minimum atomic E-state index is -0.142. The van der Waals surface area contributed by atoms with Crippen LogP contribution < -0.4 is 5.73 Å². The Morgan fingerprint density at radius 1 is 1.30 bits per heavy atom. The molecule has 142 valence electrons. The van der Waals surface area contributed by atoms with E-state index in [1.807, 2.05) is 37.4 Å². The third-order valence-electron chi connectivity index (χ3n) is 4.98. The summed E-state index contributed by atoms with van der Waals surface area (Å²) in [6.45, 7) is 6.62. The maximum absolute atomic E-state index is 12.8. The van der Waals surface area contributed by atoms with Crippen molar-refractivity contribution in [1.82, 2.24) is 24.9 Å². The number of carbonyl (C=O) groups is 1. The number of carbonyl (C=O) groups excluding carboxylic acids is 1. The van der Waals surface area contributed by atoms with Crippen LogP contribution in [0.3, 0.4) is 0 Å². The van der Waals surface area contributed by atoms with Crippen molar-refractivity contribution in [3.8, 4) is 5.69 Å². The number of nitrogens with zero attached hydrogens (tertiary/aromatic N) is 5. The Hall–Kier alpha value is -2.80. The van der Waals surface area contributed by atoms with Gasteiger partial charge in [0.1, 0.15) is 0 Å². The molecule has 0 bridgehead atoms. The molecule has 7 nitrogen and oxygen atoms in total. The van der Waals surface area contributed by atoms with E-state index in [-0.39, 0.29) is 11.9 Å². The Balaban J connectivity index is 1.85. The SMILES string of the molecule is Cc1c(C(=O)N(C)CCC(N)C(C)C)nnn1-c1cccc2cnccc12. The van der Waals surface area contributed by atoms with Crippen LogP contribution in [0.25, 0.3) is 16.5 Å². The maximum atomic E-state index is 12.8. The highest BCUT2D eigenvalue weighted by atomic mass is 16.2. The molecular formula is C20H26N6O. The molecule has 1 atom stereocenters. The summed E-state index contributed by atoms with van der Waals surface area (Å²) in [6, 6.07) is 7.91. The Kier molecular flexibility index (Phi) is 5.51. The first-order valence-corrected chi connectivity index (χ1v) is 9.16. The average Bonchev–Trinajstić information content (AvgIpc) is 3.05. The van der Waals surface area contributed by atoms with Gasteiger partial charge in [-0.3, -0.25) is 9.78 Å². The van der Waals surface area contributed by atoms with Gasteiger partial charge in [-0.15, -0.1) is 5.10 Å². The fourth-order valence-corrected chi connectivity index (χ4v) is 3.00. The fraction of sp³-hybridized carbons (Fsp3) is 0.400. The topological polar surface area (TPSA) is 89.9 Å². The van der Waals surface area contributed by atoms with Gasteiger partial charge in [0.05, 0.1) is 11.4 Å². The summed E-state index contributed by atoms with van der Waals surface area (Å²) in [6.07, 6.45) is 4.31. The van der Waals surface area contributed by atoms with E-state index < -0.39 is 0 Å². The van der Waals surface area contributed by atoms with Gasteiger partial charge in [-0.2, -0.15) is 0 Å². The van der Waals surface area contributed by atoms with E-state index in [1.54, 1.807) is 22.8 Å². The van der Waals surface area contributed by atoms with E-state index in [0.717, 1.165) is 22.9 Å². The molecule has 2 aromatic heterocycles. The van der Waals surface area contributed by atoms with Crippen molar-refractivity contribution in [3.05, 3.63) is 48.0 Å². The van der Waals surface area contributed by atoms with E-state index >= 15 is 0 Å². The molecule has 0 aliphatic carbocycles. The van der Waals surface area contributed by atoms with Crippen molar-refractivity contribution in [3.63, 3.8) is 0 Å². The molecule has 0 radical (unpaired) electrons. The van der Waals surface area contributed by atoms with E-state index in [2.05, 4.69) is 29.1 Å². The number of amides is 1. The number of rotatable bonds is 6. The third kappa shape index (κ3) is 3.83. The number of hydrogen-bond acceptors (Lipinski definition) is 5. The number of pyridine rings is 1.